The van der Waals surface area contributed by atoms with Crippen LogP contribution in [0.4, 0.5) is 0 Å². The Morgan fingerprint density at radius 3 is 2.43 bits per heavy atom. The molecule has 21 heavy (non-hydrogen) atoms. The number of piperidine rings is 1. The first kappa shape index (κ1) is 14.9. The summed E-state index contributed by atoms with van der Waals surface area (Å²) in [4.78, 5) is 28.7. The third-order valence-electron chi connectivity index (χ3n) is 5.69. The van der Waals surface area contributed by atoms with Crippen molar-refractivity contribution >= 4 is 11.8 Å². The van der Waals surface area contributed by atoms with Crippen LogP contribution >= 0.6 is 0 Å². The molecule has 3 rings (SSSR count). The van der Waals surface area contributed by atoms with E-state index in [0.717, 1.165) is 38.9 Å². The maximum atomic E-state index is 12.8. The van der Waals surface area contributed by atoms with Gasteiger partial charge in [-0.3, -0.25) is 9.59 Å². The van der Waals surface area contributed by atoms with Crippen LogP contribution in [0.15, 0.2) is 0 Å². The molecule has 0 aromatic carbocycles. The Balaban J connectivity index is 1.60. The highest BCUT2D eigenvalue weighted by atomic mass is 16.2. The Kier molecular flexibility index (Phi) is 4.23. The van der Waals surface area contributed by atoms with E-state index in [-0.39, 0.29) is 17.9 Å². The second kappa shape index (κ2) is 5.98. The van der Waals surface area contributed by atoms with E-state index in [1.807, 2.05) is 16.7 Å². The van der Waals surface area contributed by atoms with E-state index in [4.69, 9.17) is 0 Å². The molecule has 4 nitrogen and oxygen atoms in total. The van der Waals surface area contributed by atoms with Crippen LogP contribution in [-0.4, -0.2) is 47.3 Å². The molecular weight excluding hydrogens is 264 g/mol. The summed E-state index contributed by atoms with van der Waals surface area (Å²) in [6.45, 7) is 4.54. The molecule has 3 aliphatic rings. The van der Waals surface area contributed by atoms with Crippen molar-refractivity contribution in [2.45, 2.75) is 70.8 Å². The van der Waals surface area contributed by atoms with Gasteiger partial charge in [-0.1, -0.05) is 26.2 Å². The van der Waals surface area contributed by atoms with Crippen molar-refractivity contribution in [3.05, 3.63) is 0 Å². The second-order valence-corrected chi connectivity index (χ2v) is 7.21. The van der Waals surface area contributed by atoms with Crippen molar-refractivity contribution in [1.29, 1.82) is 0 Å². The zero-order valence-electron chi connectivity index (χ0n) is 13.3. The second-order valence-electron chi connectivity index (χ2n) is 7.21. The summed E-state index contributed by atoms with van der Waals surface area (Å²) in [5, 5.41) is 0. The van der Waals surface area contributed by atoms with Crippen LogP contribution in [-0.2, 0) is 9.59 Å². The predicted molar refractivity (Wildman–Crippen MR) is 81.7 cm³/mol. The minimum Gasteiger partial charge on any atom is -0.340 e. The van der Waals surface area contributed by atoms with Crippen LogP contribution < -0.4 is 0 Å². The fourth-order valence-electron chi connectivity index (χ4n) is 4.44. The molecule has 1 spiro atoms. The molecule has 1 unspecified atom stereocenters. The quantitative estimate of drug-likeness (QED) is 0.785. The first-order valence-electron chi connectivity index (χ1n) is 8.73. The lowest BCUT2D eigenvalue weighted by Crippen LogP contribution is -2.63. The van der Waals surface area contributed by atoms with Crippen molar-refractivity contribution in [2.24, 2.45) is 5.41 Å². The highest BCUT2D eigenvalue weighted by Crippen LogP contribution is 2.44. The summed E-state index contributed by atoms with van der Waals surface area (Å²) in [6, 6.07) is -0.174. The highest BCUT2D eigenvalue weighted by molar-refractivity contribution is 5.88. The van der Waals surface area contributed by atoms with Gasteiger partial charge < -0.3 is 9.80 Å². The maximum absolute atomic E-state index is 12.8. The monoisotopic (exact) mass is 292 g/mol. The van der Waals surface area contributed by atoms with Crippen molar-refractivity contribution in [3.8, 4) is 0 Å². The van der Waals surface area contributed by atoms with Gasteiger partial charge in [-0.15, -0.1) is 0 Å². The minimum absolute atomic E-state index is 0.140. The SMILES string of the molecule is CCC(=O)N1CCCCC1C(=O)N1CC2(CCCCC2)C1. The molecule has 2 saturated heterocycles. The maximum Gasteiger partial charge on any atom is 0.245 e. The van der Waals surface area contributed by atoms with Gasteiger partial charge in [0, 0.05) is 31.5 Å². The molecule has 1 saturated carbocycles. The lowest BCUT2D eigenvalue weighted by atomic mass is 9.68. The summed E-state index contributed by atoms with van der Waals surface area (Å²) < 4.78 is 0. The van der Waals surface area contributed by atoms with E-state index in [1.165, 1.54) is 32.1 Å². The Morgan fingerprint density at radius 2 is 1.76 bits per heavy atom. The van der Waals surface area contributed by atoms with Crippen LogP contribution in [0.3, 0.4) is 0 Å². The van der Waals surface area contributed by atoms with Crippen molar-refractivity contribution in [3.63, 3.8) is 0 Å². The lowest BCUT2D eigenvalue weighted by molar-refractivity contribution is -0.157. The zero-order valence-corrected chi connectivity index (χ0v) is 13.3. The molecule has 0 aromatic rings. The van der Waals surface area contributed by atoms with Gasteiger partial charge in [0.15, 0.2) is 0 Å². The van der Waals surface area contributed by atoms with E-state index in [9.17, 15) is 9.59 Å². The minimum atomic E-state index is -0.174. The normalized spacial score (nSPS) is 28.3. The largest absolute Gasteiger partial charge is 0.340 e. The summed E-state index contributed by atoms with van der Waals surface area (Å²) in [5.74, 6) is 0.355. The van der Waals surface area contributed by atoms with E-state index >= 15 is 0 Å². The van der Waals surface area contributed by atoms with Crippen LogP contribution in [0.1, 0.15) is 64.7 Å². The van der Waals surface area contributed by atoms with Gasteiger partial charge >= 0.3 is 0 Å². The van der Waals surface area contributed by atoms with E-state index in [2.05, 4.69) is 0 Å². The van der Waals surface area contributed by atoms with Gasteiger partial charge in [0.2, 0.25) is 11.8 Å². The third kappa shape index (κ3) is 2.82. The standard InChI is InChI=1S/C17H28N2O2/c1-2-15(20)19-11-7-4-8-14(19)16(21)18-12-17(13-18)9-5-3-6-10-17/h14H,2-13H2,1H3. The first-order chi connectivity index (χ1) is 10.2. The van der Waals surface area contributed by atoms with E-state index in [0.29, 0.717) is 11.8 Å². The van der Waals surface area contributed by atoms with Crippen LogP contribution in [0, 0.1) is 5.41 Å². The van der Waals surface area contributed by atoms with Crippen molar-refractivity contribution in [1.82, 2.24) is 9.80 Å². The van der Waals surface area contributed by atoms with Gasteiger partial charge in [-0.2, -0.15) is 0 Å². The number of nitrogens with zero attached hydrogens (tertiary/aromatic N) is 2. The number of likely N-dealkylation sites (tertiary alicyclic amines) is 2. The first-order valence-corrected chi connectivity index (χ1v) is 8.73. The molecule has 0 aromatic heterocycles. The molecule has 0 bridgehead atoms. The average Bonchev–Trinajstić information content (AvgIpc) is 2.52. The molecule has 3 fully saturated rings. The molecule has 4 heteroatoms. The molecule has 118 valence electrons. The average molecular weight is 292 g/mol. The smallest absolute Gasteiger partial charge is 0.245 e. The molecule has 1 atom stereocenters. The van der Waals surface area contributed by atoms with Crippen LogP contribution in [0.25, 0.3) is 0 Å². The highest BCUT2D eigenvalue weighted by Gasteiger charge is 2.47. The van der Waals surface area contributed by atoms with E-state index < -0.39 is 0 Å². The summed E-state index contributed by atoms with van der Waals surface area (Å²) in [7, 11) is 0. The van der Waals surface area contributed by atoms with Gasteiger partial charge in [0.25, 0.3) is 0 Å². The molecular formula is C17H28N2O2. The number of amides is 2. The van der Waals surface area contributed by atoms with Crippen molar-refractivity contribution < 1.29 is 9.59 Å². The summed E-state index contributed by atoms with van der Waals surface area (Å²) in [6.07, 6.45) is 10.1. The van der Waals surface area contributed by atoms with Crippen LogP contribution in [0.5, 0.6) is 0 Å². The molecule has 2 amide bonds. The zero-order chi connectivity index (χ0) is 14.9. The van der Waals surface area contributed by atoms with Gasteiger partial charge in [0.1, 0.15) is 6.04 Å². The Hall–Kier alpha value is -1.06. The topological polar surface area (TPSA) is 40.6 Å². The Morgan fingerprint density at radius 1 is 1.05 bits per heavy atom. The number of rotatable bonds is 2. The third-order valence-corrected chi connectivity index (χ3v) is 5.69. The fourth-order valence-corrected chi connectivity index (χ4v) is 4.44. The van der Waals surface area contributed by atoms with Crippen molar-refractivity contribution in [2.75, 3.05) is 19.6 Å². The molecule has 0 radical (unpaired) electrons. The molecule has 1 aliphatic carbocycles. The summed E-state index contributed by atoms with van der Waals surface area (Å²) in [5.41, 5.74) is 0.433. The number of hydrogen-bond acceptors (Lipinski definition) is 2. The Bertz CT molecular complexity index is 407. The molecule has 0 N–H and O–H groups in total. The number of carbonyl (C=O) groups excluding carboxylic acids is 2. The number of hydrogen-bond donors (Lipinski definition) is 0. The predicted octanol–water partition coefficient (Wildman–Crippen LogP) is 2.57. The van der Waals surface area contributed by atoms with E-state index in [1.54, 1.807) is 0 Å². The lowest BCUT2D eigenvalue weighted by Gasteiger charge is -2.54. The molecule has 2 aliphatic heterocycles. The van der Waals surface area contributed by atoms with Gasteiger partial charge in [-0.25, -0.2) is 0 Å². The molecule has 2 heterocycles. The van der Waals surface area contributed by atoms with Gasteiger partial charge in [0.05, 0.1) is 0 Å². The fraction of sp³-hybridized carbons (Fsp3) is 0.882. The van der Waals surface area contributed by atoms with Gasteiger partial charge in [-0.05, 0) is 32.1 Å². The Labute approximate surface area is 127 Å². The number of carbonyl (C=O) groups is 2. The van der Waals surface area contributed by atoms with Crippen LogP contribution in [0.2, 0.25) is 0 Å². The summed E-state index contributed by atoms with van der Waals surface area (Å²) >= 11 is 0.